The molecule has 0 aliphatic carbocycles. The van der Waals surface area contributed by atoms with Crippen LogP contribution in [-0.4, -0.2) is 31.7 Å². The molecule has 1 aromatic rings. The molecule has 3 N–H and O–H groups in total. The van der Waals surface area contributed by atoms with Crippen LogP contribution in [0.2, 0.25) is 0 Å². The standard InChI is InChI=1S/C12H16N2O6S/c1-7(2)20-12(17)14-21(18,19)13-10-5-4-8(3)6-9(10)11(15)16/h4-7,13H,1-3H3,(H,14,17)(H,15,16). The van der Waals surface area contributed by atoms with E-state index in [1.165, 1.54) is 18.2 Å². The van der Waals surface area contributed by atoms with E-state index >= 15 is 0 Å². The van der Waals surface area contributed by atoms with Gasteiger partial charge in [0.1, 0.15) is 0 Å². The molecule has 0 unspecified atom stereocenters. The van der Waals surface area contributed by atoms with Crippen LogP contribution >= 0.6 is 0 Å². The molecule has 0 spiro atoms. The van der Waals surface area contributed by atoms with Gasteiger partial charge in [0.15, 0.2) is 0 Å². The molecule has 116 valence electrons. The topological polar surface area (TPSA) is 122 Å². The smallest absolute Gasteiger partial charge is 0.422 e. The molecule has 8 nitrogen and oxygen atoms in total. The maximum absolute atomic E-state index is 11.7. The molecular formula is C12H16N2O6S. The number of carbonyl (C=O) groups excluding carboxylic acids is 1. The number of carboxylic acid groups (broad SMARTS) is 1. The van der Waals surface area contributed by atoms with E-state index in [0.29, 0.717) is 5.56 Å². The lowest BCUT2D eigenvalue weighted by Gasteiger charge is -2.13. The molecule has 0 aliphatic rings. The van der Waals surface area contributed by atoms with Crippen LogP contribution < -0.4 is 9.44 Å². The van der Waals surface area contributed by atoms with E-state index < -0.39 is 28.4 Å². The summed E-state index contributed by atoms with van der Waals surface area (Å²) in [6, 6.07) is 4.15. The van der Waals surface area contributed by atoms with Crippen molar-refractivity contribution in [2.24, 2.45) is 0 Å². The summed E-state index contributed by atoms with van der Waals surface area (Å²) >= 11 is 0. The molecule has 0 heterocycles. The Morgan fingerprint density at radius 2 is 1.90 bits per heavy atom. The quantitative estimate of drug-likeness (QED) is 0.756. The van der Waals surface area contributed by atoms with Gasteiger partial charge in [-0.2, -0.15) is 8.42 Å². The highest BCUT2D eigenvalue weighted by molar-refractivity contribution is 7.91. The highest BCUT2D eigenvalue weighted by atomic mass is 32.2. The molecule has 1 aromatic carbocycles. The summed E-state index contributed by atoms with van der Waals surface area (Å²) in [5, 5.41) is 9.04. The van der Waals surface area contributed by atoms with Crippen LogP contribution in [-0.2, 0) is 14.9 Å². The maximum Gasteiger partial charge on any atom is 0.422 e. The first-order chi connectivity index (χ1) is 9.60. The summed E-state index contributed by atoms with van der Waals surface area (Å²) in [6.45, 7) is 4.78. The summed E-state index contributed by atoms with van der Waals surface area (Å²) in [5.74, 6) is -1.29. The summed E-state index contributed by atoms with van der Waals surface area (Å²) in [5.41, 5.74) is 0.276. The number of anilines is 1. The first kappa shape index (κ1) is 16.8. The number of hydrogen-bond acceptors (Lipinski definition) is 5. The molecule has 9 heteroatoms. The minimum absolute atomic E-state index is 0.155. The van der Waals surface area contributed by atoms with Gasteiger partial charge in [0.05, 0.1) is 17.4 Å². The molecule has 21 heavy (non-hydrogen) atoms. The SMILES string of the molecule is Cc1ccc(NS(=O)(=O)NC(=O)OC(C)C)c(C(=O)O)c1. The van der Waals surface area contributed by atoms with Crippen LogP contribution in [0.3, 0.4) is 0 Å². The normalized spacial score (nSPS) is 11.0. The highest BCUT2D eigenvalue weighted by Crippen LogP contribution is 2.18. The molecule has 0 aliphatic heterocycles. The number of ether oxygens (including phenoxy) is 1. The van der Waals surface area contributed by atoms with Crippen LogP contribution in [0.25, 0.3) is 0 Å². The summed E-state index contributed by atoms with van der Waals surface area (Å²) in [6.07, 6.45) is -1.64. The number of carboxylic acids is 1. The van der Waals surface area contributed by atoms with Gasteiger partial charge in [0.2, 0.25) is 0 Å². The fraction of sp³-hybridized carbons (Fsp3) is 0.333. The lowest BCUT2D eigenvalue weighted by atomic mass is 10.1. The third kappa shape index (κ3) is 5.30. The lowest BCUT2D eigenvalue weighted by Crippen LogP contribution is -2.37. The number of benzene rings is 1. The fourth-order valence-electron chi connectivity index (χ4n) is 1.44. The molecule has 0 saturated heterocycles. The first-order valence-electron chi connectivity index (χ1n) is 5.96. The highest BCUT2D eigenvalue weighted by Gasteiger charge is 2.19. The minimum Gasteiger partial charge on any atom is -0.478 e. The number of rotatable bonds is 5. The van der Waals surface area contributed by atoms with Crippen LogP contribution in [0.5, 0.6) is 0 Å². The van der Waals surface area contributed by atoms with Gasteiger partial charge in [-0.15, -0.1) is 0 Å². The van der Waals surface area contributed by atoms with Crippen LogP contribution in [0.15, 0.2) is 18.2 Å². The largest absolute Gasteiger partial charge is 0.478 e. The van der Waals surface area contributed by atoms with Crippen molar-refractivity contribution in [2.45, 2.75) is 26.9 Å². The van der Waals surface area contributed by atoms with Gasteiger partial charge < -0.3 is 9.84 Å². The number of aryl methyl sites for hydroxylation is 1. The second-order valence-electron chi connectivity index (χ2n) is 4.52. The average molecular weight is 316 g/mol. The zero-order valence-electron chi connectivity index (χ0n) is 11.7. The number of amides is 1. The Labute approximate surface area is 122 Å². The van der Waals surface area contributed by atoms with Crippen molar-refractivity contribution in [3.8, 4) is 0 Å². The Morgan fingerprint density at radius 1 is 1.29 bits per heavy atom. The van der Waals surface area contributed by atoms with Crippen molar-refractivity contribution < 1.29 is 27.9 Å². The van der Waals surface area contributed by atoms with E-state index in [9.17, 15) is 18.0 Å². The van der Waals surface area contributed by atoms with Crippen LogP contribution in [0, 0.1) is 6.92 Å². The van der Waals surface area contributed by atoms with Crippen molar-refractivity contribution >= 4 is 28.0 Å². The molecule has 0 bridgehead atoms. The van der Waals surface area contributed by atoms with Crippen LogP contribution in [0.4, 0.5) is 10.5 Å². The van der Waals surface area contributed by atoms with Crippen molar-refractivity contribution in [1.82, 2.24) is 4.72 Å². The van der Waals surface area contributed by atoms with E-state index in [4.69, 9.17) is 5.11 Å². The summed E-state index contributed by atoms with van der Waals surface area (Å²) in [4.78, 5) is 22.3. The van der Waals surface area contributed by atoms with Crippen molar-refractivity contribution in [3.05, 3.63) is 29.3 Å². The molecule has 1 rings (SSSR count). The third-order valence-electron chi connectivity index (χ3n) is 2.21. The van der Waals surface area contributed by atoms with Gasteiger partial charge in [-0.1, -0.05) is 11.6 Å². The average Bonchev–Trinajstić information content (AvgIpc) is 2.28. The molecule has 0 saturated carbocycles. The molecule has 0 aromatic heterocycles. The van der Waals surface area contributed by atoms with Crippen molar-refractivity contribution in [2.75, 3.05) is 4.72 Å². The van der Waals surface area contributed by atoms with E-state index in [-0.39, 0.29) is 11.3 Å². The Morgan fingerprint density at radius 3 is 2.43 bits per heavy atom. The van der Waals surface area contributed by atoms with Gasteiger partial charge in [0, 0.05) is 0 Å². The first-order valence-corrected chi connectivity index (χ1v) is 7.44. The Balaban J connectivity index is 2.94. The zero-order valence-corrected chi connectivity index (χ0v) is 12.5. The molecule has 0 radical (unpaired) electrons. The monoisotopic (exact) mass is 316 g/mol. The number of nitrogens with one attached hydrogen (secondary N) is 2. The second-order valence-corrected chi connectivity index (χ2v) is 5.93. The summed E-state index contributed by atoms with van der Waals surface area (Å²) in [7, 11) is -4.29. The number of carbonyl (C=O) groups is 2. The maximum atomic E-state index is 11.7. The van der Waals surface area contributed by atoms with E-state index in [1.54, 1.807) is 25.5 Å². The Hall–Kier alpha value is -2.29. The predicted octanol–water partition coefficient (Wildman–Crippen LogP) is 1.48. The fourth-order valence-corrected chi connectivity index (χ4v) is 2.23. The number of aromatic carboxylic acids is 1. The van der Waals surface area contributed by atoms with Gasteiger partial charge in [0.25, 0.3) is 0 Å². The molecule has 0 fully saturated rings. The number of hydrogen-bond donors (Lipinski definition) is 3. The third-order valence-corrected chi connectivity index (χ3v) is 3.13. The molecular weight excluding hydrogens is 300 g/mol. The minimum atomic E-state index is -4.29. The predicted molar refractivity (Wildman–Crippen MR) is 75.4 cm³/mol. The van der Waals surface area contributed by atoms with E-state index in [1.807, 2.05) is 4.72 Å². The summed E-state index contributed by atoms with van der Waals surface area (Å²) < 4.78 is 31.7. The second kappa shape index (κ2) is 6.44. The van der Waals surface area contributed by atoms with Gasteiger partial charge >= 0.3 is 22.3 Å². The van der Waals surface area contributed by atoms with E-state index in [0.717, 1.165) is 0 Å². The molecule has 1 amide bonds. The van der Waals surface area contributed by atoms with Gasteiger partial charge in [-0.05, 0) is 32.9 Å². The van der Waals surface area contributed by atoms with E-state index in [2.05, 4.69) is 4.74 Å². The van der Waals surface area contributed by atoms with Gasteiger partial charge in [-0.3, -0.25) is 4.72 Å². The molecule has 0 atom stereocenters. The zero-order chi connectivity index (χ0) is 16.2. The van der Waals surface area contributed by atoms with Crippen molar-refractivity contribution in [1.29, 1.82) is 0 Å². The Bertz CT molecular complexity index is 654. The van der Waals surface area contributed by atoms with Crippen molar-refractivity contribution in [3.63, 3.8) is 0 Å². The van der Waals surface area contributed by atoms with Gasteiger partial charge in [-0.25, -0.2) is 14.3 Å². The lowest BCUT2D eigenvalue weighted by molar-refractivity contribution is 0.0697. The Kier molecular flexibility index (Phi) is 5.14. The van der Waals surface area contributed by atoms with Crippen LogP contribution in [0.1, 0.15) is 29.8 Å².